The van der Waals surface area contributed by atoms with E-state index in [4.69, 9.17) is 10.00 Å². The minimum atomic E-state index is -0.935. The van der Waals surface area contributed by atoms with Crippen molar-refractivity contribution in [3.8, 4) is 6.07 Å². The summed E-state index contributed by atoms with van der Waals surface area (Å²) in [6, 6.07) is 4.25. The molecule has 0 aliphatic heterocycles. The third kappa shape index (κ3) is 5.47. The Balaban J connectivity index is 3.17. The number of carbonyl (C=O) groups is 2. The summed E-state index contributed by atoms with van der Waals surface area (Å²) in [5.41, 5.74) is -0.0648. The minimum Gasteiger partial charge on any atom is -0.465 e. The minimum absolute atomic E-state index is 0.0973. The highest BCUT2D eigenvalue weighted by Crippen LogP contribution is 2.17. The van der Waals surface area contributed by atoms with Crippen LogP contribution >= 0.6 is 0 Å². The van der Waals surface area contributed by atoms with Crippen LogP contribution in [0, 0.1) is 24.1 Å². The second kappa shape index (κ2) is 7.68. The molecule has 0 aliphatic rings. The Hall–Kier alpha value is -2.75. The molecule has 7 heteroatoms. The number of hydrogen-bond donors (Lipinski definition) is 0. The Labute approximate surface area is 139 Å². The Bertz CT molecular complexity index is 727. The molecule has 0 atom stereocenters. The largest absolute Gasteiger partial charge is 0.465 e. The predicted octanol–water partition coefficient (Wildman–Crippen LogP) is 3.10. The molecular weight excluding hydrogens is 315 g/mol. The summed E-state index contributed by atoms with van der Waals surface area (Å²) in [4.78, 5) is 27.3. The first kappa shape index (κ1) is 19.3. The van der Waals surface area contributed by atoms with Crippen LogP contribution in [0.5, 0.6) is 0 Å². The molecule has 1 amide bonds. The van der Waals surface area contributed by atoms with Gasteiger partial charge >= 0.3 is 12.1 Å². The number of carbonyl (C=O) groups excluding carboxylic acids is 2. The quantitative estimate of drug-likeness (QED) is 0.626. The SMILES string of the molecule is COC(=O)C(Cc1cc(F)c(C#N)cc1C)=NC(=O)OC(C)(C)C. The molecule has 6 nitrogen and oxygen atoms in total. The summed E-state index contributed by atoms with van der Waals surface area (Å²) >= 11 is 0. The predicted molar refractivity (Wildman–Crippen MR) is 85.2 cm³/mol. The van der Waals surface area contributed by atoms with Gasteiger partial charge in [0.15, 0.2) is 0 Å². The lowest BCUT2D eigenvalue weighted by molar-refractivity contribution is -0.132. The number of benzene rings is 1. The molecule has 0 radical (unpaired) electrons. The van der Waals surface area contributed by atoms with E-state index in [1.165, 1.54) is 6.07 Å². The van der Waals surface area contributed by atoms with Crippen LogP contribution in [0.25, 0.3) is 0 Å². The van der Waals surface area contributed by atoms with E-state index in [2.05, 4.69) is 9.73 Å². The van der Waals surface area contributed by atoms with Gasteiger partial charge in [0.1, 0.15) is 23.2 Å². The normalized spacial score (nSPS) is 11.6. The number of aryl methyl sites for hydroxylation is 1. The third-order valence-corrected chi connectivity index (χ3v) is 2.94. The lowest BCUT2D eigenvalue weighted by Crippen LogP contribution is -2.25. The lowest BCUT2D eigenvalue weighted by Gasteiger charge is -2.17. The molecule has 0 saturated carbocycles. The van der Waals surface area contributed by atoms with Crippen molar-refractivity contribution in [1.82, 2.24) is 0 Å². The van der Waals surface area contributed by atoms with E-state index in [1.54, 1.807) is 33.8 Å². The van der Waals surface area contributed by atoms with Gasteiger partial charge < -0.3 is 9.47 Å². The Morgan fingerprint density at radius 1 is 1.33 bits per heavy atom. The average molecular weight is 334 g/mol. The zero-order valence-electron chi connectivity index (χ0n) is 14.3. The second-order valence-electron chi connectivity index (χ2n) is 6.08. The molecule has 0 heterocycles. The number of esters is 1. The van der Waals surface area contributed by atoms with Crippen LogP contribution in [0.1, 0.15) is 37.5 Å². The maximum atomic E-state index is 13.8. The molecule has 24 heavy (non-hydrogen) atoms. The third-order valence-electron chi connectivity index (χ3n) is 2.94. The first-order valence-corrected chi connectivity index (χ1v) is 7.15. The zero-order valence-corrected chi connectivity index (χ0v) is 14.3. The standard InChI is InChI=1S/C17H19FN2O4/c1-10-6-12(9-19)13(18)7-11(10)8-14(15(21)23-5)20-16(22)24-17(2,3)4/h6-7H,8H2,1-5H3. The van der Waals surface area contributed by atoms with Crippen molar-refractivity contribution >= 4 is 17.8 Å². The number of nitriles is 1. The Morgan fingerprint density at radius 3 is 2.46 bits per heavy atom. The molecular formula is C17H19FN2O4. The summed E-state index contributed by atoms with van der Waals surface area (Å²) in [5.74, 6) is -1.52. The second-order valence-corrected chi connectivity index (χ2v) is 6.08. The van der Waals surface area contributed by atoms with Gasteiger partial charge in [0, 0.05) is 6.42 Å². The molecule has 0 fully saturated rings. The van der Waals surface area contributed by atoms with Gasteiger partial charge in [-0.3, -0.25) is 0 Å². The van der Waals surface area contributed by atoms with Gasteiger partial charge in [-0.15, -0.1) is 0 Å². The van der Waals surface area contributed by atoms with Gasteiger partial charge in [-0.05, 0) is 51.0 Å². The number of amides is 1. The van der Waals surface area contributed by atoms with E-state index < -0.39 is 23.5 Å². The van der Waals surface area contributed by atoms with Crippen molar-refractivity contribution in [2.45, 2.75) is 39.7 Å². The molecule has 0 bridgehead atoms. The summed E-state index contributed by atoms with van der Waals surface area (Å²) in [5, 5.41) is 8.82. The lowest BCUT2D eigenvalue weighted by atomic mass is 10.00. The summed E-state index contributed by atoms with van der Waals surface area (Å²) in [6.07, 6.45) is -1.06. The van der Waals surface area contributed by atoms with E-state index >= 15 is 0 Å². The van der Waals surface area contributed by atoms with Crippen molar-refractivity contribution in [1.29, 1.82) is 5.26 Å². The zero-order chi connectivity index (χ0) is 18.5. The van der Waals surface area contributed by atoms with Crippen molar-refractivity contribution in [3.63, 3.8) is 0 Å². The molecule has 1 aromatic rings. The number of ether oxygens (including phenoxy) is 2. The molecule has 128 valence electrons. The number of halogens is 1. The fraction of sp³-hybridized carbons (Fsp3) is 0.412. The smallest absolute Gasteiger partial charge is 0.434 e. The highest BCUT2D eigenvalue weighted by molar-refractivity contribution is 6.38. The Kier molecular flexibility index (Phi) is 6.18. The molecule has 0 spiro atoms. The van der Waals surface area contributed by atoms with Crippen LogP contribution in [0.15, 0.2) is 17.1 Å². The molecule has 1 aromatic carbocycles. The van der Waals surface area contributed by atoms with E-state index in [0.717, 1.165) is 13.2 Å². The maximum Gasteiger partial charge on any atom is 0.434 e. The maximum absolute atomic E-state index is 13.8. The molecule has 0 aliphatic carbocycles. The summed E-state index contributed by atoms with van der Waals surface area (Å²) in [7, 11) is 1.15. The highest BCUT2D eigenvalue weighted by Gasteiger charge is 2.21. The molecule has 1 rings (SSSR count). The van der Waals surface area contributed by atoms with Gasteiger partial charge in [-0.1, -0.05) is 0 Å². The van der Waals surface area contributed by atoms with Gasteiger partial charge in [-0.2, -0.15) is 10.3 Å². The van der Waals surface area contributed by atoms with Crippen LogP contribution in [0.4, 0.5) is 9.18 Å². The van der Waals surface area contributed by atoms with Gasteiger partial charge in [0.2, 0.25) is 0 Å². The van der Waals surface area contributed by atoms with Crippen molar-refractivity contribution in [2.75, 3.05) is 7.11 Å². The van der Waals surface area contributed by atoms with Crippen molar-refractivity contribution in [3.05, 3.63) is 34.6 Å². The van der Waals surface area contributed by atoms with Crippen LogP contribution in [0.3, 0.4) is 0 Å². The van der Waals surface area contributed by atoms with Crippen LogP contribution in [-0.4, -0.2) is 30.5 Å². The fourth-order valence-corrected chi connectivity index (χ4v) is 1.85. The van der Waals surface area contributed by atoms with E-state index in [1.807, 2.05) is 0 Å². The van der Waals surface area contributed by atoms with Crippen LogP contribution in [0.2, 0.25) is 0 Å². The molecule has 0 aromatic heterocycles. The van der Waals surface area contributed by atoms with Gasteiger partial charge in [0.05, 0.1) is 12.7 Å². The summed E-state index contributed by atoms with van der Waals surface area (Å²) in [6.45, 7) is 6.66. The first-order chi connectivity index (χ1) is 11.1. The van der Waals surface area contributed by atoms with Crippen molar-refractivity contribution in [2.24, 2.45) is 4.99 Å². The van der Waals surface area contributed by atoms with E-state index in [9.17, 15) is 14.0 Å². The first-order valence-electron chi connectivity index (χ1n) is 7.15. The van der Waals surface area contributed by atoms with Crippen LogP contribution in [-0.2, 0) is 20.7 Å². The highest BCUT2D eigenvalue weighted by atomic mass is 19.1. The molecule has 0 saturated heterocycles. The fourth-order valence-electron chi connectivity index (χ4n) is 1.85. The Morgan fingerprint density at radius 2 is 1.96 bits per heavy atom. The van der Waals surface area contributed by atoms with Gasteiger partial charge in [-0.25, -0.2) is 14.0 Å². The topological polar surface area (TPSA) is 88.8 Å². The molecule has 0 N–H and O–H groups in total. The number of rotatable bonds is 3. The van der Waals surface area contributed by atoms with Gasteiger partial charge in [0.25, 0.3) is 0 Å². The van der Waals surface area contributed by atoms with Crippen molar-refractivity contribution < 1.29 is 23.5 Å². The van der Waals surface area contributed by atoms with Crippen LogP contribution < -0.4 is 0 Å². The average Bonchev–Trinajstić information content (AvgIpc) is 2.46. The number of nitrogens with zero attached hydrogens (tertiary/aromatic N) is 2. The number of methoxy groups -OCH3 is 1. The van der Waals surface area contributed by atoms with E-state index in [0.29, 0.717) is 11.1 Å². The summed E-state index contributed by atoms with van der Waals surface area (Å²) < 4.78 is 23.4. The molecule has 0 unspecified atom stereocenters. The van der Waals surface area contributed by atoms with E-state index in [-0.39, 0.29) is 17.7 Å². The number of hydrogen-bond acceptors (Lipinski definition) is 5. The monoisotopic (exact) mass is 334 g/mol. The number of aliphatic imine (C=N–C) groups is 1.